The average molecular weight is 873 g/mol. The van der Waals surface area contributed by atoms with Crippen LogP contribution in [-0.2, 0) is 23.7 Å². The molecule has 68 heavy (non-hydrogen) atoms. The fraction of sp³-hybridized carbons (Fsp3) is 0.121. The van der Waals surface area contributed by atoms with Crippen molar-refractivity contribution in [2.75, 3.05) is 9.80 Å². The quantitative estimate of drug-likeness (QED) is 0.157. The first kappa shape index (κ1) is 40.3. The van der Waals surface area contributed by atoms with Gasteiger partial charge in [0.05, 0.1) is 0 Å². The van der Waals surface area contributed by atoms with Crippen LogP contribution in [0.1, 0.15) is 61.1 Å². The van der Waals surface area contributed by atoms with Crippen LogP contribution in [0.5, 0.6) is 0 Å². The van der Waals surface area contributed by atoms with E-state index in [2.05, 4.69) is 256 Å². The van der Waals surface area contributed by atoms with Gasteiger partial charge in [0.2, 0.25) is 0 Å². The van der Waals surface area contributed by atoms with E-state index in [1.54, 1.807) is 0 Å². The van der Waals surface area contributed by atoms with Crippen molar-refractivity contribution in [3.05, 3.63) is 252 Å². The lowest BCUT2D eigenvalue weighted by Crippen LogP contribution is -2.16. The van der Waals surface area contributed by atoms with Gasteiger partial charge in [-0.25, -0.2) is 0 Å². The second-order valence-electron chi connectivity index (χ2n) is 20.1. The molecule has 0 aromatic heterocycles. The molecule has 0 spiro atoms. The van der Waals surface area contributed by atoms with Gasteiger partial charge >= 0.3 is 0 Å². The number of fused-ring (bicyclic) bond motifs is 10. The van der Waals surface area contributed by atoms with Crippen molar-refractivity contribution < 1.29 is 0 Å². The maximum Gasteiger partial charge on any atom is 0.0468 e. The van der Waals surface area contributed by atoms with Crippen LogP contribution in [0.2, 0.25) is 0 Å². The number of nitrogens with zero attached hydrogens (tertiary/aromatic N) is 2. The summed E-state index contributed by atoms with van der Waals surface area (Å²) in [6, 6.07) is 81.8. The molecule has 0 aliphatic heterocycles. The number of hydrogen-bond donors (Lipinski definition) is 0. The zero-order valence-corrected chi connectivity index (χ0v) is 39.1. The summed E-state index contributed by atoms with van der Waals surface area (Å²) in [5.41, 5.74) is 25.5. The molecule has 3 aliphatic carbocycles. The van der Waals surface area contributed by atoms with Gasteiger partial charge in [-0.05, 0) is 174 Å². The molecule has 0 saturated carbocycles. The van der Waals surface area contributed by atoms with Crippen molar-refractivity contribution in [3.63, 3.8) is 0 Å². The van der Waals surface area contributed by atoms with Crippen molar-refractivity contribution >= 4 is 44.9 Å². The minimum Gasteiger partial charge on any atom is -0.310 e. The van der Waals surface area contributed by atoms with E-state index in [1.165, 1.54) is 100 Å². The number of rotatable bonds is 7. The van der Waals surface area contributed by atoms with E-state index in [0.717, 1.165) is 35.6 Å². The van der Waals surface area contributed by atoms with Crippen molar-refractivity contribution in [1.29, 1.82) is 0 Å². The third-order valence-electron chi connectivity index (χ3n) is 15.5. The standard InChI is InChI=1S/C66H52N2/c1-65(2)61-19-11-9-17-57(61)59-37-34-53(41-63(59)65)67(51-32-27-43-13-5-6-15-47(43)39-51)49-28-23-44(24-29-49)45-25-30-50(31-26-45)68(52-33-36-56-48(40-52)22-21-46-14-7-8-16-55(46)56)54-35-38-60-58-18-10-12-20-62(58)66(3,4)64(60)42-54/h5-20,23-42H,21-22H2,1-4H3. The summed E-state index contributed by atoms with van der Waals surface area (Å²) in [5.74, 6) is 0. The second-order valence-corrected chi connectivity index (χ2v) is 20.1. The molecule has 0 bridgehead atoms. The lowest BCUT2D eigenvalue weighted by atomic mass is 9.82. The van der Waals surface area contributed by atoms with Gasteiger partial charge in [-0.2, -0.15) is 0 Å². The van der Waals surface area contributed by atoms with Crippen LogP contribution in [0.25, 0.3) is 55.3 Å². The molecule has 10 aromatic carbocycles. The zero-order valence-electron chi connectivity index (χ0n) is 39.1. The fourth-order valence-electron chi connectivity index (χ4n) is 11.9. The summed E-state index contributed by atoms with van der Waals surface area (Å²) >= 11 is 0. The number of aryl methyl sites for hydroxylation is 2. The largest absolute Gasteiger partial charge is 0.310 e. The van der Waals surface area contributed by atoms with E-state index < -0.39 is 0 Å². The minimum atomic E-state index is -0.101. The Hall–Kier alpha value is -7.94. The van der Waals surface area contributed by atoms with Crippen LogP contribution in [0.4, 0.5) is 34.1 Å². The predicted molar refractivity (Wildman–Crippen MR) is 287 cm³/mol. The third kappa shape index (κ3) is 6.31. The highest BCUT2D eigenvalue weighted by molar-refractivity contribution is 5.92. The Bertz CT molecular complexity index is 3630. The number of anilines is 6. The first-order valence-corrected chi connectivity index (χ1v) is 24.2. The molecule has 0 fully saturated rings. The molecular formula is C66H52N2. The molecule has 0 amide bonds. The molecule has 2 heteroatoms. The summed E-state index contributed by atoms with van der Waals surface area (Å²) in [4.78, 5) is 4.88. The van der Waals surface area contributed by atoms with Crippen LogP contribution in [0.15, 0.2) is 218 Å². The average Bonchev–Trinajstić information content (AvgIpc) is 3.75. The summed E-state index contributed by atoms with van der Waals surface area (Å²) < 4.78 is 0. The SMILES string of the molecule is CC1(C)c2ccccc2-c2ccc(N(c3ccc(-c4ccc(N(c5ccc6c(c5)C(C)(C)c5ccccc5-6)c5ccc6ccccc6c5)cc4)cc3)c3ccc4c(c3)CCc3ccccc3-4)cc21. The Labute approximate surface area is 400 Å². The van der Waals surface area contributed by atoms with E-state index in [1.807, 2.05) is 0 Å². The maximum absolute atomic E-state index is 2.46. The second kappa shape index (κ2) is 15.3. The summed E-state index contributed by atoms with van der Waals surface area (Å²) in [6.07, 6.45) is 2.10. The third-order valence-corrected chi connectivity index (χ3v) is 15.5. The maximum atomic E-state index is 2.46. The van der Waals surface area contributed by atoms with Gasteiger partial charge in [0.25, 0.3) is 0 Å². The summed E-state index contributed by atoms with van der Waals surface area (Å²) in [7, 11) is 0. The topological polar surface area (TPSA) is 6.48 Å². The fourth-order valence-corrected chi connectivity index (χ4v) is 11.9. The summed E-state index contributed by atoms with van der Waals surface area (Å²) in [5, 5.41) is 2.46. The molecule has 2 nitrogen and oxygen atoms in total. The van der Waals surface area contributed by atoms with Crippen molar-refractivity contribution in [1.82, 2.24) is 0 Å². The van der Waals surface area contributed by atoms with Gasteiger partial charge in [0.15, 0.2) is 0 Å². The zero-order chi connectivity index (χ0) is 45.7. The molecule has 13 rings (SSSR count). The summed E-state index contributed by atoms with van der Waals surface area (Å²) in [6.45, 7) is 9.46. The molecular weight excluding hydrogens is 821 g/mol. The molecule has 0 saturated heterocycles. The van der Waals surface area contributed by atoms with Crippen molar-refractivity contribution in [2.24, 2.45) is 0 Å². The van der Waals surface area contributed by atoms with Gasteiger partial charge in [0.1, 0.15) is 0 Å². The monoisotopic (exact) mass is 872 g/mol. The molecule has 0 atom stereocenters. The van der Waals surface area contributed by atoms with Gasteiger partial charge in [0, 0.05) is 45.0 Å². The van der Waals surface area contributed by atoms with Crippen LogP contribution < -0.4 is 9.80 Å². The van der Waals surface area contributed by atoms with Gasteiger partial charge in [-0.1, -0.05) is 173 Å². The Kier molecular flexibility index (Phi) is 9.08. The van der Waals surface area contributed by atoms with Gasteiger partial charge in [-0.3, -0.25) is 0 Å². The molecule has 0 N–H and O–H groups in total. The highest BCUT2D eigenvalue weighted by atomic mass is 15.1. The first-order chi connectivity index (χ1) is 33.2. The molecule has 10 aromatic rings. The van der Waals surface area contributed by atoms with E-state index in [4.69, 9.17) is 0 Å². The molecule has 0 unspecified atom stereocenters. The van der Waals surface area contributed by atoms with Crippen molar-refractivity contribution in [3.8, 4) is 44.5 Å². The van der Waals surface area contributed by atoms with E-state index >= 15 is 0 Å². The lowest BCUT2D eigenvalue weighted by molar-refractivity contribution is 0.660. The minimum absolute atomic E-state index is 0.0995. The smallest absolute Gasteiger partial charge is 0.0468 e. The van der Waals surface area contributed by atoms with Gasteiger partial charge in [-0.15, -0.1) is 0 Å². The molecule has 0 heterocycles. The molecule has 326 valence electrons. The Morgan fingerprint density at radius 3 is 1.24 bits per heavy atom. The van der Waals surface area contributed by atoms with Crippen LogP contribution >= 0.6 is 0 Å². The highest BCUT2D eigenvalue weighted by Crippen LogP contribution is 2.53. The van der Waals surface area contributed by atoms with E-state index in [-0.39, 0.29) is 10.8 Å². The van der Waals surface area contributed by atoms with Crippen molar-refractivity contribution in [2.45, 2.75) is 51.4 Å². The van der Waals surface area contributed by atoms with E-state index in [0.29, 0.717) is 0 Å². The van der Waals surface area contributed by atoms with Crippen LogP contribution in [-0.4, -0.2) is 0 Å². The Morgan fingerprint density at radius 1 is 0.279 bits per heavy atom. The van der Waals surface area contributed by atoms with E-state index in [9.17, 15) is 0 Å². The van der Waals surface area contributed by atoms with Crippen LogP contribution in [0, 0.1) is 0 Å². The van der Waals surface area contributed by atoms with Gasteiger partial charge < -0.3 is 9.80 Å². The number of hydrogen-bond acceptors (Lipinski definition) is 2. The normalized spacial score (nSPS) is 14.3. The highest BCUT2D eigenvalue weighted by Gasteiger charge is 2.37. The lowest BCUT2D eigenvalue weighted by Gasteiger charge is -2.30. The number of benzene rings is 10. The predicted octanol–water partition coefficient (Wildman–Crippen LogP) is 17.8. The Morgan fingerprint density at radius 2 is 0.662 bits per heavy atom. The molecule has 0 radical (unpaired) electrons. The molecule has 3 aliphatic rings. The van der Waals surface area contributed by atoms with Crippen LogP contribution in [0.3, 0.4) is 0 Å². The first-order valence-electron chi connectivity index (χ1n) is 24.2. The Balaban J connectivity index is 0.875.